The number of carbonyl (C=O) groups is 2. The predicted molar refractivity (Wildman–Crippen MR) is 114 cm³/mol. The van der Waals surface area contributed by atoms with E-state index in [9.17, 15) is 9.59 Å². The lowest BCUT2D eigenvalue weighted by atomic mass is 9.92. The number of anilines is 1. The van der Waals surface area contributed by atoms with E-state index in [1.165, 1.54) is 11.1 Å². The van der Waals surface area contributed by atoms with Crippen LogP contribution in [0.1, 0.15) is 0 Å². The maximum absolute atomic E-state index is 12.7. The Kier molecular flexibility index (Phi) is 5.54. The zero-order valence-corrected chi connectivity index (χ0v) is 16.8. The minimum atomic E-state index is -0.575. The van der Waals surface area contributed by atoms with Gasteiger partial charge in [0.1, 0.15) is 19.2 Å². The standard InChI is InChI=1S/C20H16BCl2N3O2/c1-11-25(2)10-14(20(28)26(11)3)19(27)24-16-9-5-7-13(18(16)23)12-6-4-8-15(21)17(12)22/h4-10H,1H2,2-3H3,(H,24,27). The first-order valence-corrected chi connectivity index (χ1v) is 9.03. The van der Waals surface area contributed by atoms with Crippen LogP contribution in [0.2, 0.25) is 10.0 Å². The van der Waals surface area contributed by atoms with Crippen molar-refractivity contribution in [3.63, 3.8) is 0 Å². The van der Waals surface area contributed by atoms with Gasteiger partial charge in [0.05, 0.1) is 10.7 Å². The first-order chi connectivity index (χ1) is 13.2. The molecule has 5 nitrogen and oxygen atoms in total. The van der Waals surface area contributed by atoms with Gasteiger partial charge in [-0.05, 0) is 6.07 Å². The third kappa shape index (κ3) is 3.53. The number of carbonyl (C=O) groups excluding carboxylic acids is 2. The summed E-state index contributed by atoms with van der Waals surface area (Å²) in [5, 5.41) is 3.36. The van der Waals surface area contributed by atoms with E-state index in [0.717, 1.165) is 0 Å². The molecule has 140 valence electrons. The molecule has 0 bridgehead atoms. The molecule has 0 atom stereocenters. The molecule has 0 aliphatic carbocycles. The summed E-state index contributed by atoms with van der Waals surface area (Å²) in [5.74, 6) is -0.557. The van der Waals surface area contributed by atoms with Crippen LogP contribution in [-0.4, -0.2) is 43.6 Å². The molecule has 0 saturated heterocycles. The number of hydrogen-bond donors (Lipinski definition) is 1. The quantitative estimate of drug-likeness (QED) is 0.623. The fraction of sp³-hybridized carbons (Fsp3) is 0.100. The molecule has 0 spiro atoms. The van der Waals surface area contributed by atoms with Crippen LogP contribution in [0.3, 0.4) is 0 Å². The third-order valence-electron chi connectivity index (χ3n) is 4.46. The summed E-state index contributed by atoms with van der Waals surface area (Å²) in [6, 6.07) is 10.4. The maximum atomic E-state index is 12.7. The summed E-state index contributed by atoms with van der Waals surface area (Å²) in [7, 11) is 9.13. The van der Waals surface area contributed by atoms with Crippen molar-refractivity contribution in [3.05, 3.63) is 70.6 Å². The minimum absolute atomic E-state index is 0.0270. The Labute approximate surface area is 174 Å². The van der Waals surface area contributed by atoms with E-state index in [1.807, 2.05) is 0 Å². The van der Waals surface area contributed by atoms with Gasteiger partial charge in [0.2, 0.25) is 0 Å². The topological polar surface area (TPSA) is 52.7 Å². The van der Waals surface area contributed by atoms with Gasteiger partial charge in [0, 0.05) is 36.4 Å². The largest absolute Gasteiger partial charge is 0.337 e. The molecule has 0 saturated carbocycles. The molecule has 28 heavy (non-hydrogen) atoms. The molecular formula is C20H16BCl2N3O2. The maximum Gasteiger partial charge on any atom is 0.266 e. The molecule has 1 N–H and O–H groups in total. The van der Waals surface area contributed by atoms with Gasteiger partial charge in [0.25, 0.3) is 11.8 Å². The van der Waals surface area contributed by atoms with Gasteiger partial charge in [-0.15, -0.1) is 0 Å². The van der Waals surface area contributed by atoms with Gasteiger partial charge in [0.15, 0.2) is 0 Å². The van der Waals surface area contributed by atoms with Crippen molar-refractivity contribution in [2.75, 3.05) is 19.4 Å². The number of likely N-dealkylation sites (N-methyl/N-ethyl adjacent to an activating group) is 1. The van der Waals surface area contributed by atoms with Gasteiger partial charge in [-0.25, -0.2) is 0 Å². The van der Waals surface area contributed by atoms with E-state index in [2.05, 4.69) is 11.9 Å². The highest BCUT2D eigenvalue weighted by Crippen LogP contribution is 2.36. The molecule has 1 aliphatic heterocycles. The van der Waals surface area contributed by atoms with Crippen molar-refractivity contribution in [2.45, 2.75) is 0 Å². The average molecular weight is 412 g/mol. The van der Waals surface area contributed by atoms with E-state index in [1.54, 1.807) is 55.4 Å². The van der Waals surface area contributed by atoms with Crippen molar-refractivity contribution in [2.24, 2.45) is 0 Å². The second kappa shape index (κ2) is 7.74. The molecule has 0 fully saturated rings. The molecule has 2 aromatic carbocycles. The minimum Gasteiger partial charge on any atom is -0.337 e. The monoisotopic (exact) mass is 411 g/mol. The van der Waals surface area contributed by atoms with Crippen LogP contribution in [0.5, 0.6) is 0 Å². The Morgan fingerprint density at radius 2 is 1.68 bits per heavy atom. The fourth-order valence-electron chi connectivity index (χ4n) is 2.80. The van der Waals surface area contributed by atoms with Gasteiger partial charge < -0.3 is 10.2 Å². The molecule has 0 aromatic heterocycles. The lowest BCUT2D eigenvalue weighted by molar-refractivity contribution is -0.128. The van der Waals surface area contributed by atoms with Crippen LogP contribution in [0.25, 0.3) is 11.1 Å². The third-order valence-corrected chi connectivity index (χ3v) is 5.29. The van der Waals surface area contributed by atoms with Crippen LogP contribution < -0.4 is 10.8 Å². The molecule has 1 heterocycles. The Hall–Kier alpha value is -2.70. The molecule has 1 aliphatic rings. The van der Waals surface area contributed by atoms with E-state index in [-0.39, 0.29) is 5.57 Å². The van der Waals surface area contributed by atoms with Crippen LogP contribution in [0.15, 0.2) is 60.6 Å². The lowest BCUT2D eigenvalue weighted by Crippen LogP contribution is -2.41. The Balaban J connectivity index is 1.95. The zero-order valence-electron chi connectivity index (χ0n) is 15.3. The molecule has 8 heteroatoms. The molecule has 3 rings (SSSR count). The van der Waals surface area contributed by atoms with E-state index in [0.29, 0.717) is 38.1 Å². The van der Waals surface area contributed by atoms with E-state index in [4.69, 9.17) is 31.0 Å². The molecule has 2 aromatic rings. The van der Waals surface area contributed by atoms with Crippen LogP contribution in [-0.2, 0) is 9.59 Å². The first-order valence-electron chi connectivity index (χ1n) is 8.28. The normalized spacial score (nSPS) is 14.2. The average Bonchev–Trinajstić information content (AvgIpc) is 2.67. The van der Waals surface area contributed by atoms with Crippen molar-refractivity contribution in [1.82, 2.24) is 9.80 Å². The number of hydrogen-bond acceptors (Lipinski definition) is 3. The summed E-state index contributed by atoms with van der Waals surface area (Å²) in [5.41, 5.74) is 2.01. The summed E-state index contributed by atoms with van der Waals surface area (Å²) in [6.45, 7) is 3.79. The molecule has 2 radical (unpaired) electrons. The highest BCUT2D eigenvalue weighted by atomic mass is 35.5. The smallest absolute Gasteiger partial charge is 0.266 e. The Bertz CT molecular complexity index is 1040. The number of halogens is 2. The highest BCUT2D eigenvalue weighted by molar-refractivity contribution is 6.47. The van der Waals surface area contributed by atoms with Crippen molar-refractivity contribution >= 4 is 54.0 Å². The predicted octanol–water partition coefficient (Wildman–Crippen LogP) is 3.15. The van der Waals surface area contributed by atoms with E-state index < -0.39 is 11.8 Å². The van der Waals surface area contributed by atoms with Crippen LogP contribution in [0.4, 0.5) is 5.69 Å². The number of rotatable bonds is 3. The zero-order chi connectivity index (χ0) is 20.6. The second-order valence-corrected chi connectivity index (χ2v) is 7.02. The van der Waals surface area contributed by atoms with Gasteiger partial charge in [-0.1, -0.05) is 65.6 Å². The molecule has 2 amide bonds. The van der Waals surface area contributed by atoms with Crippen molar-refractivity contribution in [3.8, 4) is 11.1 Å². The summed E-state index contributed by atoms with van der Waals surface area (Å²) >= 11 is 12.8. The molecule has 0 unspecified atom stereocenters. The second-order valence-electron chi connectivity index (χ2n) is 6.26. The molecular weight excluding hydrogens is 396 g/mol. The summed E-state index contributed by atoms with van der Waals surface area (Å²) in [6.07, 6.45) is 1.44. The van der Waals surface area contributed by atoms with Crippen molar-refractivity contribution < 1.29 is 9.59 Å². The highest BCUT2D eigenvalue weighted by Gasteiger charge is 2.29. The number of benzene rings is 2. The number of amides is 2. The first kappa shape index (κ1) is 20.0. The van der Waals surface area contributed by atoms with Gasteiger partial charge >= 0.3 is 0 Å². The van der Waals surface area contributed by atoms with Gasteiger partial charge in [-0.3, -0.25) is 14.5 Å². The Morgan fingerprint density at radius 1 is 1.07 bits per heavy atom. The number of nitrogens with zero attached hydrogens (tertiary/aromatic N) is 2. The Morgan fingerprint density at radius 3 is 2.36 bits per heavy atom. The van der Waals surface area contributed by atoms with Crippen LogP contribution >= 0.6 is 23.2 Å². The van der Waals surface area contributed by atoms with Crippen LogP contribution in [0, 0.1) is 0 Å². The van der Waals surface area contributed by atoms with E-state index >= 15 is 0 Å². The summed E-state index contributed by atoms with van der Waals surface area (Å²) in [4.78, 5) is 28.0. The SMILES string of the molecule is [B]c1cccc(-c2cccc(NC(=O)C3=CN(C)C(=C)N(C)C3=O)c2Cl)c1Cl. The van der Waals surface area contributed by atoms with Gasteiger partial charge in [-0.2, -0.15) is 0 Å². The van der Waals surface area contributed by atoms with Crippen molar-refractivity contribution in [1.29, 1.82) is 0 Å². The lowest BCUT2D eigenvalue weighted by Gasteiger charge is -2.31. The summed E-state index contributed by atoms with van der Waals surface area (Å²) < 4.78 is 0. The number of nitrogens with one attached hydrogen (secondary N) is 1. The fourth-order valence-corrected chi connectivity index (χ4v) is 3.30.